The molecule has 2 heterocycles. The Morgan fingerprint density at radius 2 is 1.68 bits per heavy atom. The van der Waals surface area contributed by atoms with Gasteiger partial charge in [-0.3, -0.25) is 0 Å². The molecule has 2 aromatic heterocycles. The Balaban J connectivity index is 1.72. The van der Waals surface area contributed by atoms with Crippen LogP contribution in [0.4, 0.5) is 0 Å². The molecule has 0 aliphatic rings. The molecule has 4 aromatic rings. The first-order valence-electron chi connectivity index (χ1n) is 8.31. The lowest BCUT2D eigenvalue weighted by molar-refractivity contribution is -0.0893. The van der Waals surface area contributed by atoms with Gasteiger partial charge in [0.15, 0.2) is 0 Å². The third-order valence-electron chi connectivity index (χ3n) is 5.03. The fraction of sp³-hybridized carbons (Fsp3) is 0.300. The van der Waals surface area contributed by atoms with Crippen LogP contribution in [0, 0.1) is 0 Å². The van der Waals surface area contributed by atoms with E-state index in [0.717, 1.165) is 38.4 Å². The van der Waals surface area contributed by atoms with Gasteiger partial charge in [-0.1, -0.05) is 17.6 Å². The van der Waals surface area contributed by atoms with Gasteiger partial charge in [-0.25, -0.2) is 0 Å². The predicted octanol–water partition coefficient (Wildman–Crippen LogP) is 4.14. The maximum absolute atomic E-state index is 10.2. The van der Waals surface area contributed by atoms with Crippen molar-refractivity contribution < 1.29 is 18.6 Å². The van der Waals surface area contributed by atoms with Crippen LogP contribution >= 0.6 is 0 Å². The van der Waals surface area contributed by atoms with Gasteiger partial charge in [0.2, 0.25) is 0 Å². The van der Waals surface area contributed by atoms with Crippen molar-refractivity contribution in [1.29, 1.82) is 0 Å². The minimum absolute atomic E-state index is 0.708. The molecule has 0 spiro atoms. The minimum Gasteiger partial charge on any atom is -0.464 e. The maximum Gasteiger partial charge on any atom is 0.330 e. The van der Waals surface area contributed by atoms with Gasteiger partial charge in [0.25, 0.3) is 0 Å². The van der Waals surface area contributed by atoms with E-state index in [-0.39, 0.29) is 0 Å². The molecule has 5 heteroatoms. The zero-order valence-corrected chi connectivity index (χ0v) is 14.8. The molecule has 1 radical (unpaired) electrons. The second-order valence-electron chi connectivity index (χ2n) is 7.47. The van der Waals surface area contributed by atoms with Crippen molar-refractivity contribution in [3.05, 3.63) is 42.7 Å². The summed E-state index contributed by atoms with van der Waals surface area (Å²) in [7, 11) is 1.68. The topological polar surface area (TPSA) is 55.7 Å². The van der Waals surface area contributed by atoms with E-state index in [1.807, 2.05) is 50.2 Å². The highest BCUT2D eigenvalue weighted by Gasteiger charge is 2.35. The van der Waals surface area contributed by atoms with Crippen molar-refractivity contribution in [2.75, 3.05) is 0 Å². The molecule has 0 amide bonds. The average Bonchev–Trinajstić information content (AvgIpc) is 3.12. The number of hydrogen-bond acceptors (Lipinski definition) is 4. The fourth-order valence-electron chi connectivity index (χ4n) is 2.68. The quantitative estimate of drug-likeness (QED) is 0.570. The van der Waals surface area contributed by atoms with Gasteiger partial charge in [0.1, 0.15) is 16.7 Å². The monoisotopic (exact) mass is 335 g/mol. The van der Waals surface area contributed by atoms with Crippen molar-refractivity contribution in [2.24, 2.45) is 0 Å². The van der Waals surface area contributed by atoms with Gasteiger partial charge >= 0.3 is 7.48 Å². The Bertz CT molecular complexity index is 1070. The molecule has 0 saturated carbocycles. The lowest BCUT2D eigenvalue weighted by atomic mass is 9.82. The van der Waals surface area contributed by atoms with Crippen molar-refractivity contribution >= 4 is 45.9 Å². The number of furan rings is 2. The summed E-state index contributed by atoms with van der Waals surface area (Å²) in [5, 5.41) is 13.3. The predicted molar refractivity (Wildman–Crippen MR) is 100 cm³/mol. The highest BCUT2D eigenvalue weighted by Crippen LogP contribution is 2.32. The molecule has 0 unspecified atom stereocenters. The fourth-order valence-corrected chi connectivity index (χ4v) is 2.68. The Morgan fingerprint density at radius 3 is 2.44 bits per heavy atom. The van der Waals surface area contributed by atoms with Gasteiger partial charge in [-0.2, -0.15) is 0 Å². The number of fused-ring (bicyclic) bond motifs is 4. The first-order chi connectivity index (χ1) is 11.7. The third-order valence-corrected chi connectivity index (χ3v) is 5.03. The lowest BCUT2D eigenvalue weighted by Gasteiger charge is -2.37. The van der Waals surface area contributed by atoms with Gasteiger partial charge < -0.3 is 18.6 Å². The van der Waals surface area contributed by atoms with E-state index in [1.165, 1.54) is 0 Å². The second-order valence-corrected chi connectivity index (χ2v) is 7.47. The van der Waals surface area contributed by atoms with Crippen molar-refractivity contribution in [2.45, 2.75) is 38.9 Å². The summed E-state index contributed by atoms with van der Waals surface area (Å²) < 4.78 is 17.3. The molecular formula is C20H20BO4. The highest BCUT2D eigenvalue weighted by atomic mass is 16.5. The number of rotatable bonds is 4. The van der Waals surface area contributed by atoms with E-state index in [0.29, 0.717) is 0 Å². The van der Waals surface area contributed by atoms with Crippen LogP contribution in [0.2, 0.25) is 0 Å². The SMILES string of the molecule is CC(C)(O)C(C)(C)O[B]c1ccc2oc3cc4ccoc4cc3c2c1. The van der Waals surface area contributed by atoms with E-state index in [2.05, 4.69) is 0 Å². The molecule has 1 N–H and O–H groups in total. The van der Waals surface area contributed by atoms with Gasteiger partial charge in [-0.15, -0.1) is 0 Å². The molecule has 0 aliphatic heterocycles. The van der Waals surface area contributed by atoms with E-state index in [4.69, 9.17) is 13.5 Å². The lowest BCUT2D eigenvalue weighted by Crippen LogP contribution is -2.49. The molecule has 4 nitrogen and oxygen atoms in total. The van der Waals surface area contributed by atoms with E-state index >= 15 is 0 Å². The number of aliphatic hydroxyl groups is 1. The highest BCUT2D eigenvalue weighted by molar-refractivity contribution is 6.47. The van der Waals surface area contributed by atoms with Crippen LogP contribution in [0.15, 0.2) is 51.5 Å². The summed E-state index contributed by atoms with van der Waals surface area (Å²) in [5.41, 5.74) is 1.73. The van der Waals surface area contributed by atoms with E-state index in [1.54, 1.807) is 27.6 Å². The van der Waals surface area contributed by atoms with Crippen LogP contribution in [0.3, 0.4) is 0 Å². The summed E-state index contributed by atoms with van der Waals surface area (Å²) in [6, 6.07) is 11.8. The number of benzene rings is 2. The molecule has 0 saturated heterocycles. The maximum atomic E-state index is 10.2. The molecule has 4 rings (SSSR count). The van der Waals surface area contributed by atoms with Crippen molar-refractivity contribution in [1.82, 2.24) is 0 Å². The minimum atomic E-state index is -0.958. The summed E-state index contributed by atoms with van der Waals surface area (Å²) in [6.45, 7) is 7.20. The smallest absolute Gasteiger partial charge is 0.330 e. The third kappa shape index (κ3) is 2.73. The number of hydrogen-bond donors (Lipinski definition) is 1. The molecule has 0 atom stereocenters. The van der Waals surface area contributed by atoms with E-state index < -0.39 is 11.2 Å². The average molecular weight is 335 g/mol. The van der Waals surface area contributed by atoms with Crippen LogP contribution < -0.4 is 5.46 Å². The van der Waals surface area contributed by atoms with Crippen molar-refractivity contribution in [3.8, 4) is 0 Å². The van der Waals surface area contributed by atoms with E-state index in [9.17, 15) is 5.11 Å². The first kappa shape index (κ1) is 16.2. The Labute approximate surface area is 146 Å². The Kier molecular flexibility index (Phi) is 3.50. The molecule has 0 aliphatic carbocycles. The zero-order valence-electron chi connectivity index (χ0n) is 14.8. The molecule has 25 heavy (non-hydrogen) atoms. The van der Waals surface area contributed by atoms with Crippen LogP contribution in [-0.2, 0) is 4.65 Å². The summed E-state index contributed by atoms with van der Waals surface area (Å²) in [6.07, 6.45) is 1.68. The molecule has 0 bridgehead atoms. The Morgan fingerprint density at radius 1 is 0.920 bits per heavy atom. The van der Waals surface area contributed by atoms with Gasteiger partial charge in [-0.05, 0) is 52.0 Å². The summed E-state index contributed by atoms with van der Waals surface area (Å²) in [5.74, 6) is 0. The molecule has 2 aromatic carbocycles. The normalized spacial score (nSPS) is 13.2. The summed E-state index contributed by atoms with van der Waals surface area (Å²) in [4.78, 5) is 0. The first-order valence-corrected chi connectivity index (χ1v) is 8.31. The van der Waals surface area contributed by atoms with Crippen LogP contribution in [0.1, 0.15) is 27.7 Å². The second kappa shape index (κ2) is 5.38. The molecule has 127 valence electrons. The Hall–Kier alpha value is -2.24. The van der Waals surface area contributed by atoms with Crippen LogP contribution in [0.25, 0.3) is 32.9 Å². The molecular weight excluding hydrogens is 315 g/mol. The van der Waals surface area contributed by atoms with Crippen molar-refractivity contribution in [3.63, 3.8) is 0 Å². The van der Waals surface area contributed by atoms with Gasteiger partial charge in [0, 0.05) is 16.2 Å². The molecule has 0 fully saturated rings. The van der Waals surface area contributed by atoms with Gasteiger partial charge in [0.05, 0.1) is 17.5 Å². The standard InChI is InChI=1S/C20H20BO4/c1-19(2,22)20(3,4)25-21-13-5-6-16-14(10-13)15-11-17-12(7-8-23-17)9-18(15)24-16/h5-11,22H,1-4H3. The zero-order chi connectivity index (χ0) is 17.8. The van der Waals surface area contributed by atoms with Crippen LogP contribution in [-0.4, -0.2) is 23.8 Å². The van der Waals surface area contributed by atoms with Crippen LogP contribution in [0.5, 0.6) is 0 Å². The summed E-state index contributed by atoms with van der Waals surface area (Å²) >= 11 is 0. The largest absolute Gasteiger partial charge is 0.464 e.